The number of ether oxygens (including phenoxy) is 2. The summed E-state index contributed by atoms with van der Waals surface area (Å²) in [6.07, 6.45) is 2.16. The van der Waals surface area contributed by atoms with Crippen molar-refractivity contribution in [2.24, 2.45) is 16.6 Å². The number of pyridine rings is 1. The van der Waals surface area contributed by atoms with Crippen molar-refractivity contribution in [3.05, 3.63) is 53.6 Å². The molecule has 1 aromatic carbocycles. The third kappa shape index (κ3) is 4.40. The zero-order valence-corrected chi connectivity index (χ0v) is 17.9. The van der Waals surface area contributed by atoms with Crippen LogP contribution in [0.4, 0.5) is 18.9 Å². The van der Waals surface area contributed by atoms with Gasteiger partial charge in [-0.05, 0) is 36.8 Å². The molecule has 1 fully saturated rings. The van der Waals surface area contributed by atoms with Gasteiger partial charge in [0.1, 0.15) is 17.3 Å². The van der Waals surface area contributed by atoms with Crippen LogP contribution in [0.3, 0.4) is 0 Å². The molecule has 0 bridgehead atoms. The molecule has 1 amide bonds. The Morgan fingerprint density at radius 1 is 1.34 bits per heavy atom. The number of hydrogen-bond donors (Lipinski definition) is 2. The second-order valence-corrected chi connectivity index (χ2v) is 8.63. The molecule has 1 aromatic heterocycles. The zero-order valence-electron chi connectivity index (χ0n) is 17.1. The Balaban J connectivity index is 1.60. The zero-order chi connectivity index (χ0) is 22.9. The monoisotopic (exact) mass is 466 g/mol. The number of aliphatic imine (C=N–C) groups is 1. The third-order valence-corrected chi connectivity index (χ3v) is 6.68. The fourth-order valence-corrected chi connectivity index (χ4v) is 5.27. The lowest BCUT2D eigenvalue weighted by Crippen LogP contribution is -2.37. The molecule has 2 aromatic rings. The second kappa shape index (κ2) is 8.99. The molecule has 2 heterocycles. The van der Waals surface area contributed by atoms with E-state index in [0.717, 1.165) is 12.6 Å². The van der Waals surface area contributed by atoms with E-state index in [1.54, 1.807) is 13.2 Å². The lowest BCUT2D eigenvalue weighted by Gasteiger charge is -2.36. The van der Waals surface area contributed by atoms with E-state index < -0.39 is 23.9 Å². The molecule has 0 radical (unpaired) electrons. The van der Waals surface area contributed by atoms with Gasteiger partial charge < -0.3 is 20.5 Å². The second-order valence-electron chi connectivity index (χ2n) is 7.59. The minimum atomic E-state index is -2.99. The van der Waals surface area contributed by atoms with Gasteiger partial charge in [0.25, 0.3) is 5.91 Å². The summed E-state index contributed by atoms with van der Waals surface area (Å²) < 4.78 is 49.3. The maximum absolute atomic E-state index is 15.0. The van der Waals surface area contributed by atoms with Crippen molar-refractivity contribution in [1.29, 1.82) is 0 Å². The third-order valence-electron chi connectivity index (χ3n) is 5.72. The van der Waals surface area contributed by atoms with Gasteiger partial charge in [-0.1, -0.05) is 11.8 Å². The largest absolute Gasteiger partial charge is 0.433 e. The number of anilines is 1. The van der Waals surface area contributed by atoms with Crippen molar-refractivity contribution < 1.29 is 27.4 Å². The molecule has 0 spiro atoms. The minimum Gasteiger partial charge on any atom is -0.433 e. The lowest BCUT2D eigenvalue weighted by molar-refractivity contribution is -0.0500. The number of carbonyl (C=O) groups excluding carboxylic acids is 1. The first-order chi connectivity index (χ1) is 15.3. The molecule has 0 unspecified atom stereocenters. The molecule has 3 atom stereocenters. The molecule has 32 heavy (non-hydrogen) atoms. The topological polar surface area (TPSA) is 98.8 Å². The van der Waals surface area contributed by atoms with Crippen molar-refractivity contribution in [3.8, 4) is 5.75 Å². The highest BCUT2D eigenvalue weighted by atomic mass is 32.2. The molecule has 170 valence electrons. The van der Waals surface area contributed by atoms with Gasteiger partial charge in [0.2, 0.25) is 0 Å². The molecule has 7 nitrogen and oxygen atoms in total. The van der Waals surface area contributed by atoms with Crippen molar-refractivity contribution in [2.45, 2.75) is 31.1 Å². The number of hydrogen-bond acceptors (Lipinski definition) is 7. The number of halogens is 3. The van der Waals surface area contributed by atoms with Crippen LogP contribution in [0.5, 0.6) is 5.75 Å². The molecule has 0 saturated heterocycles. The van der Waals surface area contributed by atoms with Crippen LogP contribution in [0.1, 0.15) is 28.9 Å². The van der Waals surface area contributed by atoms with Crippen LogP contribution in [0.25, 0.3) is 0 Å². The highest BCUT2D eigenvalue weighted by Crippen LogP contribution is 2.52. The molecule has 1 aliphatic carbocycles. The number of amidine groups is 1. The standard InChI is InChI=1S/C21H21F3N4O3S/c1-30-14-6-11-10-32-20(25)28-21(11,8-14)15-7-12(2-4-16(15)22)27-18(29)17-5-3-13(9-26-17)31-19(23)24/h2-5,7,9,11,14,19H,6,8,10H2,1H3,(H2,25,28)(H,27,29)/t11-,14+,21-/m0/s1. The molecule has 4 rings (SSSR count). The van der Waals surface area contributed by atoms with E-state index in [-0.39, 0.29) is 23.5 Å². The quantitative estimate of drug-likeness (QED) is 0.673. The summed E-state index contributed by atoms with van der Waals surface area (Å²) >= 11 is 1.44. The van der Waals surface area contributed by atoms with E-state index in [9.17, 15) is 18.0 Å². The van der Waals surface area contributed by atoms with E-state index in [1.807, 2.05) is 0 Å². The number of carbonyl (C=O) groups is 1. The molecular weight excluding hydrogens is 445 g/mol. The summed E-state index contributed by atoms with van der Waals surface area (Å²) in [5, 5.41) is 3.06. The molecule has 1 saturated carbocycles. The number of amides is 1. The van der Waals surface area contributed by atoms with Crippen LogP contribution in [0, 0.1) is 11.7 Å². The van der Waals surface area contributed by atoms with Crippen molar-refractivity contribution >= 4 is 28.5 Å². The number of aromatic nitrogens is 1. The van der Waals surface area contributed by atoms with Crippen LogP contribution in [-0.2, 0) is 10.3 Å². The van der Waals surface area contributed by atoms with Crippen LogP contribution >= 0.6 is 11.8 Å². The van der Waals surface area contributed by atoms with Crippen LogP contribution in [0.15, 0.2) is 41.5 Å². The average molecular weight is 466 g/mol. The van der Waals surface area contributed by atoms with Crippen molar-refractivity contribution in [3.63, 3.8) is 0 Å². The first-order valence-electron chi connectivity index (χ1n) is 9.84. The van der Waals surface area contributed by atoms with E-state index in [0.29, 0.717) is 28.6 Å². The SMILES string of the molecule is CO[C@@H]1C[C@H]2CSC(N)=N[C@@]2(c2cc(NC(=O)c3ccc(OC(F)F)cn3)ccc2F)C1. The van der Waals surface area contributed by atoms with Crippen LogP contribution in [-0.4, -0.2) is 41.6 Å². The van der Waals surface area contributed by atoms with Gasteiger partial charge in [0.05, 0.1) is 17.8 Å². The Labute approximate surface area is 186 Å². The van der Waals surface area contributed by atoms with Gasteiger partial charge in [-0.2, -0.15) is 8.78 Å². The van der Waals surface area contributed by atoms with Crippen LogP contribution < -0.4 is 15.8 Å². The fourth-order valence-electron chi connectivity index (χ4n) is 4.25. The van der Waals surface area contributed by atoms with Gasteiger partial charge in [0, 0.05) is 36.5 Å². The summed E-state index contributed by atoms with van der Waals surface area (Å²) in [5.74, 6) is -0.453. The summed E-state index contributed by atoms with van der Waals surface area (Å²) in [6, 6.07) is 6.74. The predicted octanol–water partition coefficient (Wildman–Crippen LogP) is 3.76. The van der Waals surface area contributed by atoms with Gasteiger partial charge in [0.15, 0.2) is 5.17 Å². The normalized spacial score (nSPS) is 24.7. The number of nitrogens with two attached hydrogens (primary N) is 1. The first kappa shape index (κ1) is 22.4. The van der Waals surface area contributed by atoms with Crippen molar-refractivity contribution in [2.75, 3.05) is 18.2 Å². The Kier molecular flexibility index (Phi) is 6.29. The van der Waals surface area contributed by atoms with E-state index in [4.69, 9.17) is 10.5 Å². The lowest BCUT2D eigenvalue weighted by atomic mass is 9.81. The van der Waals surface area contributed by atoms with Gasteiger partial charge >= 0.3 is 6.61 Å². The smallest absolute Gasteiger partial charge is 0.387 e. The van der Waals surface area contributed by atoms with Crippen molar-refractivity contribution in [1.82, 2.24) is 4.98 Å². The molecule has 2 aliphatic rings. The molecule has 1 aliphatic heterocycles. The molecule has 11 heteroatoms. The maximum Gasteiger partial charge on any atom is 0.387 e. The number of alkyl halides is 2. The Hall–Kier alpha value is -2.79. The summed E-state index contributed by atoms with van der Waals surface area (Å²) in [4.78, 5) is 21.1. The average Bonchev–Trinajstić information content (AvgIpc) is 3.14. The van der Waals surface area contributed by atoms with E-state index in [2.05, 4.69) is 20.0 Å². The van der Waals surface area contributed by atoms with Gasteiger partial charge in [-0.3, -0.25) is 9.79 Å². The summed E-state index contributed by atoms with van der Waals surface area (Å²) in [7, 11) is 1.62. The highest BCUT2D eigenvalue weighted by Gasteiger charge is 2.52. The Bertz CT molecular complexity index is 1040. The van der Waals surface area contributed by atoms with Crippen LogP contribution in [0.2, 0.25) is 0 Å². The minimum absolute atomic E-state index is 0.00910. The fraction of sp³-hybridized carbons (Fsp3) is 0.381. The number of nitrogens with zero attached hydrogens (tertiary/aromatic N) is 2. The summed E-state index contributed by atoms with van der Waals surface area (Å²) in [5.41, 5.74) is 5.82. The number of nitrogens with one attached hydrogen (secondary N) is 1. The number of fused-ring (bicyclic) bond motifs is 1. The predicted molar refractivity (Wildman–Crippen MR) is 115 cm³/mol. The number of thioether (sulfide) groups is 1. The van der Waals surface area contributed by atoms with Gasteiger partial charge in [-0.25, -0.2) is 9.37 Å². The number of rotatable bonds is 6. The molecular formula is C21H21F3N4O3S. The number of benzene rings is 1. The Morgan fingerprint density at radius 2 is 2.16 bits per heavy atom. The van der Waals surface area contributed by atoms with E-state index >= 15 is 0 Å². The van der Waals surface area contributed by atoms with E-state index in [1.165, 1.54) is 36.0 Å². The molecule has 3 N–H and O–H groups in total. The first-order valence-corrected chi connectivity index (χ1v) is 10.8. The highest BCUT2D eigenvalue weighted by molar-refractivity contribution is 8.13. The Morgan fingerprint density at radius 3 is 2.84 bits per heavy atom. The maximum atomic E-state index is 15.0. The summed E-state index contributed by atoms with van der Waals surface area (Å²) in [6.45, 7) is -2.99. The number of methoxy groups -OCH3 is 1. The van der Waals surface area contributed by atoms with Gasteiger partial charge in [-0.15, -0.1) is 0 Å².